The first-order valence-electron chi connectivity index (χ1n) is 5.12. The Morgan fingerprint density at radius 2 is 2.05 bits per heavy atom. The van der Waals surface area contributed by atoms with Crippen LogP contribution in [-0.4, -0.2) is 43.9 Å². The van der Waals surface area contributed by atoms with Crippen LogP contribution in [-0.2, 0) is 20.8 Å². The highest BCUT2D eigenvalue weighted by molar-refractivity contribution is 7.91. The van der Waals surface area contributed by atoms with E-state index >= 15 is 0 Å². The number of halogens is 3. The lowest BCUT2D eigenvalue weighted by Gasteiger charge is -2.12. The summed E-state index contributed by atoms with van der Waals surface area (Å²) in [6.45, 7) is -0.859. The summed E-state index contributed by atoms with van der Waals surface area (Å²) in [5, 5.41) is 8.61. The number of aliphatic hydroxyl groups is 1. The Kier molecular flexibility index (Phi) is 4.71. The van der Waals surface area contributed by atoms with Gasteiger partial charge in [0.15, 0.2) is 15.5 Å². The number of methoxy groups -OCH3 is 1. The fraction of sp³-hybridized carbons (Fsp3) is 0.400. The molecular formula is C10H10F3NO5S. The molecule has 0 fully saturated rings. The molecule has 0 bridgehead atoms. The number of esters is 1. The van der Waals surface area contributed by atoms with Crippen molar-refractivity contribution in [2.45, 2.75) is 11.1 Å². The molecule has 0 aromatic carbocycles. The van der Waals surface area contributed by atoms with Crippen molar-refractivity contribution in [3.8, 4) is 0 Å². The second-order valence-corrected chi connectivity index (χ2v) is 5.68. The monoisotopic (exact) mass is 313 g/mol. The Morgan fingerprint density at radius 1 is 1.45 bits per heavy atom. The number of pyridine rings is 1. The molecule has 0 amide bonds. The van der Waals surface area contributed by atoms with E-state index in [1.807, 2.05) is 0 Å². The molecule has 112 valence electrons. The molecular weight excluding hydrogens is 303 g/mol. The van der Waals surface area contributed by atoms with Crippen molar-refractivity contribution in [1.29, 1.82) is 0 Å². The molecule has 0 atom stereocenters. The summed E-state index contributed by atoms with van der Waals surface area (Å²) < 4.78 is 65.9. The van der Waals surface area contributed by atoms with Gasteiger partial charge in [0, 0.05) is 6.20 Å². The third kappa shape index (κ3) is 3.45. The van der Waals surface area contributed by atoms with Crippen LogP contribution in [0.3, 0.4) is 0 Å². The van der Waals surface area contributed by atoms with Crippen LogP contribution in [0.5, 0.6) is 0 Å². The molecule has 0 aliphatic carbocycles. The van der Waals surface area contributed by atoms with Gasteiger partial charge in [-0.1, -0.05) is 0 Å². The van der Waals surface area contributed by atoms with Crippen molar-refractivity contribution in [2.75, 3.05) is 19.5 Å². The first-order chi connectivity index (χ1) is 9.13. The Balaban J connectivity index is 3.54. The van der Waals surface area contributed by atoms with E-state index in [2.05, 4.69) is 9.72 Å². The molecule has 1 N–H and O–H groups in total. The highest BCUT2D eigenvalue weighted by atomic mass is 32.2. The van der Waals surface area contributed by atoms with Gasteiger partial charge in [0.25, 0.3) is 0 Å². The van der Waals surface area contributed by atoms with Crippen LogP contribution in [0.4, 0.5) is 13.2 Å². The summed E-state index contributed by atoms with van der Waals surface area (Å²) in [6.07, 6.45) is -4.43. The number of carbonyl (C=O) groups is 1. The van der Waals surface area contributed by atoms with Gasteiger partial charge in [0.05, 0.1) is 29.9 Å². The van der Waals surface area contributed by atoms with Crippen LogP contribution in [0.1, 0.15) is 16.1 Å². The van der Waals surface area contributed by atoms with Crippen LogP contribution >= 0.6 is 0 Å². The Hall–Kier alpha value is -1.68. The summed E-state index contributed by atoms with van der Waals surface area (Å²) in [7, 11) is -3.44. The maximum atomic E-state index is 12.7. The van der Waals surface area contributed by atoms with Gasteiger partial charge in [-0.05, 0) is 6.07 Å². The number of carbonyl (C=O) groups excluding carboxylic acids is 1. The third-order valence-corrected chi connectivity index (χ3v) is 3.94. The molecule has 6 nitrogen and oxygen atoms in total. The molecule has 10 heteroatoms. The zero-order valence-electron chi connectivity index (χ0n) is 10.1. The van der Waals surface area contributed by atoms with Crippen molar-refractivity contribution in [3.63, 3.8) is 0 Å². The van der Waals surface area contributed by atoms with Crippen molar-refractivity contribution in [1.82, 2.24) is 4.98 Å². The van der Waals surface area contributed by atoms with Gasteiger partial charge in [-0.3, -0.25) is 0 Å². The van der Waals surface area contributed by atoms with E-state index in [1.54, 1.807) is 0 Å². The number of alkyl halides is 3. The molecule has 0 unspecified atom stereocenters. The molecule has 0 spiro atoms. The molecule has 1 rings (SSSR count). The van der Waals surface area contributed by atoms with Crippen molar-refractivity contribution in [3.05, 3.63) is 23.5 Å². The number of sulfone groups is 1. The average Bonchev–Trinajstić information content (AvgIpc) is 2.36. The van der Waals surface area contributed by atoms with Gasteiger partial charge in [-0.15, -0.1) is 0 Å². The quantitative estimate of drug-likeness (QED) is 0.821. The predicted molar refractivity (Wildman–Crippen MR) is 59.7 cm³/mol. The third-order valence-electron chi connectivity index (χ3n) is 2.24. The van der Waals surface area contributed by atoms with Crippen LogP contribution in [0.2, 0.25) is 0 Å². The number of hydrogen-bond acceptors (Lipinski definition) is 6. The first-order valence-corrected chi connectivity index (χ1v) is 6.78. The minimum absolute atomic E-state index is 0.433. The molecule has 0 saturated carbocycles. The molecule has 1 aromatic heterocycles. The van der Waals surface area contributed by atoms with Gasteiger partial charge in [0.2, 0.25) is 0 Å². The standard InChI is InChI=1S/C10H10F3NO5S/c1-19-9(16)6-4-7(20(17,18)3-2-15)8(14-5-6)10(11,12)13/h4-5,15H,2-3H2,1H3. The number of hydrogen-bond donors (Lipinski definition) is 1. The smallest absolute Gasteiger partial charge is 0.434 e. The second kappa shape index (κ2) is 5.75. The highest BCUT2D eigenvalue weighted by Crippen LogP contribution is 2.33. The van der Waals surface area contributed by atoms with Crippen LogP contribution < -0.4 is 0 Å². The van der Waals surface area contributed by atoms with E-state index in [-0.39, 0.29) is 0 Å². The van der Waals surface area contributed by atoms with Gasteiger partial charge >= 0.3 is 12.1 Å². The van der Waals surface area contributed by atoms with Crippen LogP contribution in [0.15, 0.2) is 17.2 Å². The molecule has 0 saturated heterocycles. The highest BCUT2D eigenvalue weighted by Gasteiger charge is 2.39. The van der Waals surface area contributed by atoms with Crippen LogP contribution in [0, 0.1) is 0 Å². The summed E-state index contributed by atoms with van der Waals surface area (Å²) in [5.41, 5.74) is -2.07. The molecule has 20 heavy (non-hydrogen) atoms. The first kappa shape index (κ1) is 16.4. The van der Waals surface area contributed by atoms with Crippen molar-refractivity contribution < 1.29 is 36.2 Å². The van der Waals surface area contributed by atoms with E-state index in [0.29, 0.717) is 12.3 Å². The van der Waals surface area contributed by atoms with E-state index in [1.165, 1.54) is 0 Å². The Labute approximate surface area is 112 Å². The molecule has 1 heterocycles. The molecule has 0 aliphatic rings. The van der Waals surface area contributed by atoms with E-state index in [9.17, 15) is 26.4 Å². The minimum atomic E-state index is -5.01. The van der Waals surface area contributed by atoms with Gasteiger partial charge in [0.1, 0.15) is 0 Å². The lowest BCUT2D eigenvalue weighted by Crippen LogP contribution is -2.20. The van der Waals surface area contributed by atoms with Gasteiger partial charge in [-0.2, -0.15) is 13.2 Å². The number of ether oxygens (including phenoxy) is 1. The fourth-order valence-corrected chi connectivity index (χ4v) is 2.58. The molecule has 0 aliphatic heterocycles. The average molecular weight is 313 g/mol. The fourth-order valence-electron chi connectivity index (χ4n) is 1.35. The van der Waals surface area contributed by atoms with E-state index in [0.717, 1.165) is 7.11 Å². The minimum Gasteiger partial charge on any atom is -0.465 e. The molecule has 1 aromatic rings. The number of aromatic nitrogens is 1. The lowest BCUT2D eigenvalue weighted by molar-refractivity contribution is -0.143. The normalized spacial score (nSPS) is 12.2. The van der Waals surface area contributed by atoms with Crippen molar-refractivity contribution in [2.24, 2.45) is 0 Å². The molecule has 0 radical (unpaired) electrons. The maximum Gasteiger partial charge on any atom is 0.434 e. The number of aliphatic hydroxyl groups excluding tert-OH is 1. The zero-order chi connectivity index (χ0) is 15.6. The lowest BCUT2D eigenvalue weighted by atomic mass is 10.2. The summed E-state index contributed by atoms with van der Waals surface area (Å²) in [4.78, 5) is 13.0. The summed E-state index contributed by atoms with van der Waals surface area (Å²) in [6, 6.07) is 0.534. The summed E-state index contributed by atoms with van der Waals surface area (Å²) >= 11 is 0. The Morgan fingerprint density at radius 3 is 2.50 bits per heavy atom. The largest absolute Gasteiger partial charge is 0.465 e. The predicted octanol–water partition coefficient (Wildman–Crippen LogP) is 0.653. The topological polar surface area (TPSA) is 93.6 Å². The van der Waals surface area contributed by atoms with Gasteiger partial charge < -0.3 is 9.84 Å². The van der Waals surface area contributed by atoms with E-state index in [4.69, 9.17) is 5.11 Å². The van der Waals surface area contributed by atoms with E-state index < -0.39 is 50.5 Å². The Bertz CT molecular complexity index is 612. The number of nitrogens with zero attached hydrogens (tertiary/aromatic N) is 1. The van der Waals surface area contributed by atoms with Crippen LogP contribution in [0.25, 0.3) is 0 Å². The SMILES string of the molecule is COC(=O)c1cnc(C(F)(F)F)c(S(=O)(=O)CCO)c1. The maximum absolute atomic E-state index is 12.7. The number of rotatable bonds is 4. The summed E-state index contributed by atoms with van der Waals surface area (Å²) in [5.74, 6) is -1.94. The van der Waals surface area contributed by atoms with Gasteiger partial charge in [-0.25, -0.2) is 18.2 Å². The zero-order valence-corrected chi connectivity index (χ0v) is 11.0. The second-order valence-electron chi connectivity index (χ2n) is 3.60. The van der Waals surface area contributed by atoms with Crippen molar-refractivity contribution >= 4 is 15.8 Å².